The molecule has 168 valence electrons. The molecule has 0 fully saturated rings. The highest BCUT2D eigenvalue weighted by Gasteiger charge is 2.22. The molecule has 0 aromatic heterocycles. The first-order valence-electron chi connectivity index (χ1n) is 10.4. The van der Waals surface area contributed by atoms with Gasteiger partial charge in [0.1, 0.15) is 10.6 Å². The number of nitrogens with two attached hydrogens (primary N) is 1. The van der Waals surface area contributed by atoms with Crippen LogP contribution in [0.3, 0.4) is 0 Å². The van der Waals surface area contributed by atoms with Gasteiger partial charge in [-0.15, -0.1) is 5.10 Å². The summed E-state index contributed by atoms with van der Waals surface area (Å²) in [4.78, 5) is 2.31. The van der Waals surface area contributed by atoms with Crippen LogP contribution in [0.5, 0.6) is 11.5 Å². The maximum atomic E-state index is 12.3. The highest BCUT2D eigenvalue weighted by atomic mass is 32.2. The monoisotopic (exact) mass is 445 g/mol. The Morgan fingerprint density at radius 3 is 2.32 bits per heavy atom. The van der Waals surface area contributed by atoms with Gasteiger partial charge in [-0.2, -0.15) is 5.11 Å². The van der Waals surface area contributed by atoms with Crippen molar-refractivity contribution in [2.75, 3.05) is 25.0 Å². The Kier molecular flexibility index (Phi) is 10.1. The molecular weight excluding hydrogens is 414 g/mol. The number of amidine groups is 1. The number of unbranched alkanes of at least 4 members (excludes halogenated alkanes) is 2. The molecule has 2 aromatic rings. The summed E-state index contributed by atoms with van der Waals surface area (Å²) in [5, 5.41) is 11.0. The predicted molar refractivity (Wildman–Crippen MR) is 126 cm³/mol. The van der Waals surface area contributed by atoms with E-state index < -0.39 is 11.1 Å². The summed E-state index contributed by atoms with van der Waals surface area (Å²) < 4.78 is 28.5. The first kappa shape index (κ1) is 24.5. The Hall–Kier alpha value is -2.78. The zero-order chi connectivity index (χ0) is 22.6. The highest BCUT2D eigenvalue weighted by molar-refractivity contribution is 7.79. The largest absolute Gasteiger partial charge is 0.454 e. The molecule has 0 aliphatic carbocycles. The lowest BCUT2D eigenvalue weighted by Gasteiger charge is -2.28. The molecular formula is C22H31N5O3S. The van der Waals surface area contributed by atoms with Crippen molar-refractivity contribution >= 4 is 22.6 Å². The van der Waals surface area contributed by atoms with Gasteiger partial charge in [-0.05, 0) is 42.3 Å². The lowest BCUT2D eigenvalue weighted by molar-refractivity contribution is 0.463. The summed E-state index contributed by atoms with van der Waals surface area (Å²) in [6.45, 7) is 5.83. The molecule has 0 aliphatic rings. The number of anilines is 1. The second-order valence-electron chi connectivity index (χ2n) is 6.96. The molecule has 0 saturated heterocycles. The topological polar surface area (TPSA) is 113 Å². The third kappa shape index (κ3) is 7.15. The van der Waals surface area contributed by atoms with E-state index in [9.17, 15) is 8.76 Å². The summed E-state index contributed by atoms with van der Waals surface area (Å²) in [6, 6.07) is 12.6. The summed E-state index contributed by atoms with van der Waals surface area (Å²) in [7, 11) is 1.49. The maximum absolute atomic E-state index is 12.3. The minimum Gasteiger partial charge on any atom is -0.454 e. The van der Waals surface area contributed by atoms with E-state index in [2.05, 4.69) is 34.2 Å². The van der Waals surface area contributed by atoms with E-state index in [1.807, 2.05) is 36.4 Å². The van der Waals surface area contributed by atoms with Gasteiger partial charge in [0.2, 0.25) is 0 Å². The molecule has 1 atom stereocenters. The zero-order valence-electron chi connectivity index (χ0n) is 18.3. The van der Waals surface area contributed by atoms with Crippen molar-refractivity contribution in [3.8, 4) is 11.5 Å². The second kappa shape index (κ2) is 12.8. The van der Waals surface area contributed by atoms with Gasteiger partial charge in [-0.3, -0.25) is 0 Å². The molecule has 8 nitrogen and oxygen atoms in total. The number of rotatable bonds is 12. The Morgan fingerprint density at radius 2 is 1.77 bits per heavy atom. The van der Waals surface area contributed by atoms with Crippen molar-refractivity contribution in [3.05, 3.63) is 48.0 Å². The fourth-order valence-corrected chi connectivity index (χ4v) is 3.54. The number of hydrogen-bond acceptors (Lipinski definition) is 5. The normalized spacial score (nSPS) is 12.8. The number of hydrogen-bond donors (Lipinski definition) is 2. The smallest absolute Gasteiger partial charge is 0.190 e. The first-order valence-corrected chi connectivity index (χ1v) is 11.5. The fraction of sp³-hybridized carbons (Fsp3) is 0.409. The molecule has 1 unspecified atom stereocenters. The van der Waals surface area contributed by atoms with Crippen LogP contribution >= 0.6 is 0 Å². The molecule has 0 amide bonds. The molecule has 2 rings (SSSR count). The SMILES string of the molecule is CCCCN(CCCC)c1cc(/C(N)=N/N=NC)cc(S(=O)O)c1Oc1ccccc1. The van der Waals surface area contributed by atoms with Crippen molar-refractivity contribution in [3.63, 3.8) is 0 Å². The molecule has 2 aromatic carbocycles. The van der Waals surface area contributed by atoms with E-state index in [-0.39, 0.29) is 10.7 Å². The van der Waals surface area contributed by atoms with Crippen LogP contribution in [0.2, 0.25) is 0 Å². The molecule has 0 spiro atoms. The van der Waals surface area contributed by atoms with Crippen LogP contribution in [0.4, 0.5) is 5.69 Å². The van der Waals surface area contributed by atoms with E-state index in [0.29, 0.717) is 22.7 Å². The van der Waals surface area contributed by atoms with Gasteiger partial charge in [0, 0.05) is 18.7 Å². The van der Waals surface area contributed by atoms with E-state index in [1.165, 1.54) is 13.1 Å². The van der Waals surface area contributed by atoms with Gasteiger partial charge < -0.3 is 19.9 Å². The third-order valence-corrected chi connectivity index (χ3v) is 5.31. The highest BCUT2D eigenvalue weighted by Crippen LogP contribution is 2.39. The molecule has 9 heteroatoms. The van der Waals surface area contributed by atoms with Crippen LogP contribution in [0.15, 0.2) is 62.8 Å². The average molecular weight is 446 g/mol. The standard InChI is InChI=1S/C22H31N5O3S/c1-4-6-13-27(14-7-5-2)19-15-17(22(23)25-26-24-3)16-20(31(28)29)21(19)30-18-11-9-8-10-12-18/h8-12,15-16H,4-7,13-14H2,1-3H3,(H,28,29)(H2,23,24,25). The van der Waals surface area contributed by atoms with Gasteiger partial charge in [-0.1, -0.05) is 44.9 Å². The Balaban J connectivity index is 2.69. The predicted octanol–water partition coefficient (Wildman–Crippen LogP) is 5.17. The maximum Gasteiger partial charge on any atom is 0.190 e. The quantitative estimate of drug-likeness (QED) is 0.154. The zero-order valence-corrected chi connectivity index (χ0v) is 19.1. The summed E-state index contributed by atoms with van der Waals surface area (Å²) in [5.74, 6) is 1.03. The van der Waals surface area contributed by atoms with Crippen LogP contribution < -0.4 is 15.4 Å². The van der Waals surface area contributed by atoms with Crippen LogP contribution in [0, 0.1) is 0 Å². The van der Waals surface area contributed by atoms with Crippen LogP contribution in [-0.2, 0) is 11.1 Å². The van der Waals surface area contributed by atoms with Crippen molar-refractivity contribution in [2.24, 2.45) is 21.2 Å². The van der Waals surface area contributed by atoms with E-state index in [4.69, 9.17) is 10.5 Å². The number of ether oxygens (including phenoxy) is 1. The van der Waals surface area contributed by atoms with Gasteiger partial charge in [0.05, 0.1) is 12.7 Å². The van der Waals surface area contributed by atoms with Crippen LogP contribution in [-0.4, -0.2) is 34.7 Å². The molecule has 0 radical (unpaired) electrons. The second-order valence-corrected chi connectivity index (χ2v) is 7.89. The van der Waals surface area contributed by atoms with Gasteiger partial charge in [-0.25, -0.2) is 4.21 Å². The first-order chi connectivity index (χ1) is 15.0. The lowest BCUT2D eigenvalue weighted by Crippen LogP contribution is -2.27. The lowest BCUT2D eigenvalue weighted by atomic mass is 10.1. The number of para-hydroxylation sites is 1. The molecule has 3 N–H and O–H groups in total. The Labute approximate surface area is 186 Å². The van der Waals surface area contributed by atoms with Crippen LogP contribution in [0.25, 0.3) is 0 Å². The van der Waals surface area contributed by atoms with E-state index in [1.54, 1.807) is 0 Å². The van der Waals surface area contributed by atoms with Gasteiger partial charge in [0.25, 0.3) is 0 Å². The van der Waals surface area contributed by atoms with E-state index >= 15 is 0 Å². The Bertz CT molecular complexity index is 911. The van der Waals surface area contributed by atoms with E-state index in [0.717, 1.165) is 38.8 Å². The number of nitrogens with zero attached hydrogens (tertiary/aromatic N) is 4. The van der Waals surface area contributed by atoms with Crippen molar-refractivity contribution in [2.45, 2.75) is 44.4 Å². The average Bonchev–Trinajstić information content (AvgIpc) is 2.78. The van der Waals surface area contributed by atoms with Crippen molar-refractivity contribution < 1.29 is 13.5 Å². The Morgan fingerprint density at radius 1 is 1.13 bits per heavy atom. The summed E-state index contributed by atoms with van der Waals surface area (Å²) in [5.41, 5.74) is 7.26. The minimum absolute atomic E-state index is 0.107. The third-order valence-electron chi connectivity index (χ3n) is 4.63. The fourth-order valence-electron chi connectivity index (χ4n) is 3.01. The molecule has 0 aliphatic heterocycles. The van der Waals surface area contributed by atoms with Crippen molar-refractivity contribution in [1.29, 1.82) is 0 Å². The molecule has 0 heterocycles. The summed E-state index contributed by atoms with van der Waals surface area (Å²) >= 11 is -2.30. The number of benzene rings is 2. The summed E-state index contributed by atoms with van der Waals surface area (Å²) in [6.07, 6.45) is 4.00. The van der Waals surface area contributed by atoms with Crippen molar-refractivity contribution in [1.82, 2.24) is 0 Å². The van der Waals surface area contributed by atoms with Gasteiger partial charge >= 0.3 is 0 Å². The van der Waals surface area contributed by atoms with Crippen LogP contribution in [0.1, 0.15) is 45.1 Å². The molecule has 0 bridgehead atoms. The minimum atomic E-state index is -2.30. The van der Waals surface area contributed by atoms with Gasteiger partial charge in [0.15, 0.2) is 22.7 Å². The molecule has 31 heavy (non-hydrogen) atoms. The molecule has 0 saturated carbocycles.